The number of halogens is 1. The van der Waals surface area contributed by atoms with Gasteiger partial charge in [0.05, 0.1) is 11.2 Å². The Labute approximate surface area is 116 Å². The molecule has 0 radical (unpaired) electrons. The van der Waals surface area contributed by atoms with Gasteiger partial charge < -0.3 is 10.6 Å². The molecule has 0 fully saturated rings. The maximum atomic E-state index is 13.4. The van der Waals surface area contributed by atoms with Gasteiger partial charge in [-0.1, -0.05) is 6.07 Å². The third-order valence-electron chi connectivity index (χ3n) is 3.34. The van der Waals surface area contributed by atoms with E-state index in [2.05, 4.69) is 4.98 Å². The Balaban J connectivity index is 2.17. The number of rotatable bonds is 2. The summed E-state index contributed by atoms with van der Waals surface area (Å²) in [5, 5.41) is 0.897. The number of anilines is 3. The number of benzene rings is 2. The highest BCUT2D eigenvalue weighted by molar-refractivity contribution is 5.99. The van der Waals surface area contributed by atoms with E-state index in [1.54, 1.807) is 12.3 Å². The molecule has 0 aliphatic heterocycles. The molecule has 0 amide bonds. The third kappa shape index (κ3) is 2.05. The highest BCUT2D eigenvalue weighted by atomic mass is 19.1. The first kappa shape index (κ1) is 12.4. The number of nitrogens with two attached hydrogens (primary N) is 1. The van der Waals surface area contributed by atoms with E-state index in [1.165, 1.54) is 12.1 Å². The second-order valence-electron chi connectivity index (χ2n) is 4.61. The number of nitrogen functional groups attached to an aromatic ring is 1. The molecular formula is C16H14FN3. The molecule has 3 aromatic rings. The fourth-order valence-corrected chi connectivity index (χ4v) is 2.27. The molecule has 4 heteroatoms. The molecule has 0 aliphatic carbocycles. The van der Waals surface area contributed by atoms with Crippen molar-refractivity contribution in [3.8, 4) is 0 Å². The zero-order chi connectivity index (χ0) is 14.1. The van der Waals surface area contributed by atoms with Crippen molar-refractivity contribution in [3.63, 3.8) is 0 Å². The minimum absolute atomic E-state index is 0.262. The van der Waals surface area contributed by atoms with E-state index in [0.29, 0.717) is 5.69 Å². The largest absolute Gasteiger partial charge is 0.398 e. The second-order valence-corrected chi connectivity index (χ2v) is 4.61. The topological polar surface area (TPSA) is 42.1 Å². The molecule has 3 rings (SSSR count). The van der Waals surface area contributed by atoms with Crippen molar-refractivity contribution in [3.05, 3.63) is 60.5 Å². The Morgan fingerprint density at radius 2 is 1.95 bits per heavy atom. The van der Waals surface area contributed by atoms with Gasteiger partial charge in [0, 0.05) is 30.0 Å². The Hall–Kier alpha value is -2.62. The monoisotopic (exact) mass is 267 g/mol. The van der Waals surface area contributed by atoms with Crippen LogP contribution in [0.2, 0.25) is 0 Å². The van der Waals surface area contributed by atoms with Gasteiger partial charge in [-0.2, -0.15) is 0 Å². The van der Waals surface area contributed by atoms with Gasteiger partial charge in [0.15, 0.2) is 0 Å². The molecule has 1 aromatic heterocycles. The molecule has 20 heavy (non-hydrogen) atoms. The summed E-state index contributed by atoms with van der Waals surface area (Å²) in [6, 6.07) is 14.0. The van der Waals surface area contributed by atoms with Crippen molar-refractivity contribution < 1.29 is 4.39 Å². The van der Waals surface area contributed by atoms with Crippen molar-refractivity contribution in [1.29, 1.82) is 0 Å². The maximum absolute atomic E-state index is 13.4. The summed E-state index contributed by atoms with van der Waals surface area (Å²) in [6.45, 7) is 0. The minimum atomic E-state index is -0.262. The van der Waals surface area contributed by atoms with E-state index in [1.807, 2.05) is 42.3 Å². The number of hydrogen-bond donors (Lipinski definition) is 1. The van der Waals surface area contributed by atoms with Gasteiger partial charge in [-0.25, -0.2) is 4.39 Å². The first-order valence-electron chi connectivity index (χ1n) is 6.29. The number of fused-ring (bicyclic) bond motifs is 1. The average Bonchev–Trinajstić information content (AvgIpc) is 2.47. The summed E-state index contributed by atoms with van der Waals surface area (Å²) in [7, 11) is 1.88. The predicted molar refractivity (Wildman–Crippen MR) is 80.6 cm³/mol. The van der Waals surface area contributed by atoms with E-state index in [9.17, 15) is 4.39 Å². The Kier molecular flexibility index (Phi) is 2.99. The van der Waals surface area contributed by atoms with E-state index >= 15 is 0 Å². The van der Waals surface area contributed by atoms with Crippen LogP contribution in [0.15, 0.2) is 54.7 Å². The molecule has 2 aromatic carbocycles. The van der Waals surface area contributed by atoms with Crippen molar-refractivity contribution in [2.24, 2.45) is 0 Å². The SMILES string of the molecule is CN(c1cccc(F)c1)c1ccc(N)c2cccnc12. The summed E-state index contributed by atoms with van der Waals surface area (Å²) >= 11 is 0. The lowest BCUT2D eigenvalue weighted by Crippen LogP contribution is -2.10. The van der Waals surface area contributed by atoms with Crippen LogP contribution in [0.3, 0.4) is 0 Å². The lowest BCUT2D eigenvalue weighted by Gasteiger charge is -2.21. The Bertz CT molecular complexity index is 771. The predicted octanol–water partition coefficient (Wildman–Crippen LogP) is 3.72. The van der Waals surface area contributed by atoms with Crippen LogP contribution in [-0.2, 0) is 0 Å². The molecule has 0 aliphatic rings. The van der Waals surface area contributed by atoms with Gasteiger partial charge in [0.2, 0.25) is 0 Å². The van der Waals surface area contributed by atoms with Gasteiger partial charge in [-0.15, -0.1) is 0 Å². The Morgan fingerprint density at radius 3 is 2.75 bits per heavy atom. The van der Waals surface area contributed by atoms with E-state index in [4.69, 9.17) is 5.73 Å². The van der Waals surface area contributed by atoms with Gasteiger partial charge in [-0.3, -0.25) is 4.98 Å². The molecule has 0 saturated carbocycles. The van der Waals surface area contributed by atoms with Crippen molar-refractivity contribution in [1.82, 2.24) is 4.98 Å². The number of nitrogens with zero attached hydrogens (tertiary/aromatic N) is 2. The molecule has 0 saturated heterocycles. The summed E-state index contributed by atoms with van der Waals surface area (Å²) in [5.41, 5.74) is 9.11. The van der Waals surface area contributed by atoms with Crippen LogP contribution in [0.5, 0.6) is 0 Å². The minimum Gasteiger partial charge on any atom is -0.398 e. The normalized spacial score (nSPS) is 10.7. The van der Waals surface area contributed by atoms with Gasteiger partial charge in [0.25, 0.3) is 0 Å². The molecule has 0 bridgehead atoms. The maximum Gasteiger partial charge on any atom is 0.125 e. The summed E-state index contributed by atoms with van der Waals surface area (Å²) in [4.78, 5) is 6.30. The molecule has 1 heterocycles. The molecule has 0 unspecified atom stereocenters. The fraction of sp³-hybridized carbons (Fsp3) is 0.0625. The zero-order valence-electron chi connectivity index (χ0n) is 11.0. The van der Waals surface area contributed by atoms with Crippen LogP contribution in [0, 0.1) is 5.82 Å². The van der Waals surface area contributed by atoms with Gasteiger partial charge in [0.1, 0.15) is 5.82 Å². The molecule has 3 nitrogen and oxygen atoms in total. The van der Waals surface area contributed by atoms with Gasteiger partial charge >= 0.3 is 0 Å². The van der Waals surface area contributed by atoms with Crippen molar-refractivity contribution >= 4 is 28.0 Å². The lowest BCUT2D eigenvalue weighted by molar-refractivity contribution is 0.628. The quantitative estimate of drug-likeness (QED) is 0.719. The first-order valence-corrected chi connectivity index (χ1v) is 6.29. The average molecular weight is 267 g/mol. The van der Waals surface area contributed by atoms with Crippen LogP contribution in [0.25, 0.3) is 10.9 Å². The van der Waals surface area contributed by atoms with Crippen molar-refractivity contribution in [2.45, 2.75) is 0 Å². The van der Waals surface area contributed by atoms with E-state index < -0.39 is 0 Å². The smallest absolute Gasteiger partial charge is 0.125 e. The fourth-order valence-electron chi connectivity index (χ4n) is 2.27. The van der Waals surface area contributed by atoms with Crippen LogP contribution in [0.1, 0.15) is 0 Å². The highest BCUT2D eigenvalue weighted by Gasteiger charge is 2.11. The zero-order valence-corrected chi connectivity index (χ0v) is 11.0. The number of aromatic nitrogens is 1. The van der Waals surface area contributed by atoms with Crippen molar-refractivity contribution in [2.75, 3.05) is 17.7 Å². The third-order valence-corrected chi connectivity index (χ3v) is 3.34. The summed E-state index contributed by atoms with van der Waals surface area (Å²) in [6.07, 6.45) is 1.73. The number of pyridine rings is 1. The highest BCUT2D eigenvalue weighted by Crippen LogP contribution is 2.32. The summed E-state index contributed by atoms with van der Waals surface area (Å²) < 4.78 is 13.4. The lowest BCUT2D eigenvalue weighted by atomic mass is 10.1. The summed E-state index contributed by atoms with van der Waals surface area (Å²) in [5.74, 6) is -0.262. The second kappa shape index (κ2) is 4.81. The van der Waals surface area contributed by atoms with Crippen LogP contribution >= 0.6 is 0 Å². The van der Waals surface area contributed by atoms with E-state index in [0.717, 1.165) is 22.3 Å². The van der Waals surface area contributed by atoms with E-state index in [-0.39, 0.29) is 5.82 Å². The van der Waals surface area contributed by atoms with Crippen LogP contribution in [0.4, 0.5) is 21.5 Å². The molecule has 2 N–H and O–H groups in total. The Morgan fingerprint density at radius 1 is 1.10 bits per heavy atom. The first-order chi connectivity index (χ1) is 9.66. The molecule has 0 spiro atoms. The molecular weight excluding hydrogens is 253 g/mol. The van der Waals surface area contributed by atoms with Gasteiger partial charge in [-0.05, 0) is 42.5 Å². The standard InChI is InChI=1S/C16H14FN3/c1-20(12-5-2-4-11(17)10-12)15-8-7-14(18)13-6-3-9-19-16(13)15/h2-10H,18H2,1H3. The molecule has 100 valence electrons. The van der Waals surface area contributed by atoms with Crippen LogP contribution < -0.4 is 10.6 Å². The van der Waals surface area contributed by atoms with Crippen LogP contribution in [-0.4, -0.2) is 12.0 Å². The molecule has 0 atom stereocenters. The number of hydrogen-bond acceptors (Lipinski definition) is 3.